The number of benzene rings is 2. The van der Waals surface area contributed by atoms with E-state index < -0.39 is 0 Å². The molecule has 2 aromatic carbocycles. The first kappa shape index (κ1) is 20.0. The number of Topliss-reactive ketones (excluding diaryl/α,β-unsaturated/α-hetero) is 1. The average Bonchev–Trinajstić information content (AvgIpc) is 3.22. The first-order chi connectivity index (χ1) is 14.7. The number of hydrogen-bond acceptors (Lipinski definition) is 5. The zero-order valence-electron chi connectivity index (χ0n) is 16.9. The molecular weight excluding hydrogens is 392 g/mol. The van der Waals surface area contributed by atoms with Crippen LogP contribution in [-0.2, 0) is 6.42 Å². The molecule has 30 heavy (non-hydrogen) atoms. The van der Waals surface area contributed by atoms with Crippen LogP contribution in [0.2, 0.25) is 0 Å². The molecule has 2 aromatic heterocycles. The summed E-state index contributed by atoms with van der Waals surface area (Å²) in [6.45, 7) is 4.16. The number of aromatic nitrogens is 4. The Bertz CT molecular complexity index is 1140. The van der Waals surface area contributed by atoms with Gasteiger partial charge in [0.15, 0.2) is 16.8 Å². The Kier molecular flexibility index (Phi) is 6.05. The van der Waals surface area contributed by atoms with Crippen molar-refractivity contribution in [2.45, 2.75) is 25.4 Å². The highest BCUT2D eigenvalue weighted by Crippen LogP contribution is 2.28. The summed E-state index contributed by atoms with van der Waals surface area (Å²) in [5.74, 6) is 1.10. The van der Waals surface area contributed by atoms with Gasteiger partial charge in [-0.3, -0.25) is 14.3 Å². The zero-order chi connectivity index (χ0) is 20.9. The number of thioether (sulfide) groups is 1. The second kappa shape index (κ2) is 9.05. The first-order valence-corrected chi connectivity index (χ1v) is 10.8. The van der Waals surface area contributed by atoms with E-state index in [2.05, 4.69) is 41.2 Å². The molecule has 6 heteroatoms. The molecule has 4 rings (SSSR count). The Morgan fingerprint density at radius 1 is 0.933 bits per heavy atom. The molecule has 4 aromatic rings. The second-order valence-corrected chi connectivity index (χ2v) is 7.92. The fraction of sp³-hybridized carbons (Fsp3) is 0.167. The summed E-state index contributed by atoms with van der Waals surface area (Å²) in [4.78, 5) is 16.8. The molecule has 0 amide bonds. The quantitative estimate of drug-likeness (QED) is 0.308. The molecule has 0 saturated carbocycles. The van der Waals surface area contributed by atoms with Crippen molar-refractivity contribution < 1.29 is 4.79 Å². The number of carbonyl (C=O) groups excluding carboxylic acids is 1. The summed E-state index contributed by atoms with van der Waals surface area (Å²) in [5, 5.41) is 9.48. The topological polar surface area (TPSA) is 60.7 Å². The summed E-state index contributed by atoms with van der Waals surface area (Å²) >= 11 is 1.40. The van der Waals surface area contributed by atoms with E-state index in [1.54, 1.807) is 12.4 Å². The van der Waals surface area contributed by atoms with Crippen molar-refractivity contribution in [3.8, 4) is 17.1 Å². The molecule has 0 fully saturated rings. The zero-order valence-corrected chi connectivity index (χ0v) is 17.8. The number of hydrogen-bond donors (Lipinski definition) is 0. The highest BCUT2D eigenvalue weighted by atomic mass is 32.2. The lowest BCUT2D eigenvalue weighted by molar-refractivity contribution is 0.102. The molecule has 0 aliphatic heterocycles. The van der Waals surface area contributed by atoms with E-state index >= 15 is 0 Å². The van der Waals surface area contributed by atoms with Crippen LogP contribution in [0.5, 0.6) is 0 Å². The molecule has 2 heterocycles. The molecule has 0 saturated heterocycles. The first-order valence-electron chi connectivity index (χ1n) is 9.83. The van der Waals surface area contributed by atoms with Crippen LogP contribution in [0.15, 0.2) is 78.2 Å². The van der Waals surface area contributed by atoms with E-state index in [0.29, 0.717) is 10.9 Å². The van der Waals surface area contributed by atoms with Gasteiger partial charge in [-0.25, -0.2) is 0 Å². The van der Waals surface area contributed by atoms with Crippen LogP contribution in [-0.4, -0.2) is 31.3 Å². The van der Waals surface area contributed by atoms with Crippen molar-refractivity contribution in [1.82, 2.24) is 19.7 Å². The maximum absolute atomic E-state index is 12.7. The van der Waals surface area contributed by atoms with E-state index in [0.717, 1.165) is 29.1 Å². The van der Waals surface area contributed by atoms with Gasteiger partial charge < -0.3 is 0 Å². The van der Waals surface area contributed by atoms with Crippen molar-refractivity contribution in [2.75, 3.05) is 5.75 Å². The monoisotopic (exact) mass is 414 g/mol. The van der Waals surface area contributed by atoms with E-state index in [1.165, 1.54) is 22.9 Å². The summed E-state index contributed by atoms with van der Waals surface area (Å²) in [6, 6.07) is 19.8. The van der Waals surface area contributed by atoms with Crippen LogP contribution in [0.25, 0.3) is 17.1 Å². The smallest absolute Gasteiger partial charge is 0.196 e. The lowest BCUT2D eigenvalue weighted by Crippen LogP contribution is -2.05. The minimum atomic E-state index is 0.0755. The Morgan fingerprint density at radius 3 is 2.30 bits per heavy atom. The summed E-state index contributed by atoms with van der Waals surface area (Å²) in [6.07, 6.45) is 4.43. The standard InChI is InChI=1S/C24H22N4OS/c1-3-18-6-8-19(9-7-18)22(29)16-30-24-27-26-23(20-12-14-25-15-13-20)28(24)21-10-4-17(2)5-11-21/h4-15H,3,16H2,1-2H3. The third kappa shape index (κ3) is 4.33. The molecule has 0 unspecified atom stereocenters. The second-order valence-electron chi connectivity index (χ2n) is 6.98. The third-order valence-electron chi connectivity index (χ3n) is 4.88. The average molecular weight is 415 g/mol. The van der Waals surface area contributed by atoms with Crippen molar-refractivity contribution in [1.29, 1.82) is 0 Å². The predicted molar refractivity (Wildman–Crippen MR) is 120 cm³/mol. The number of rotatable bonds is 7. The van der Waals surface area contributed by atoms with Crippen LogP contribution in [0, 0.1) is 6.92 Å². The summed E-state index contributed by atoms with van der Waals surface area (Å²) in [7, 11) is 0. The van der Waals surface area contributed by atoms with Crippen LogP contribution in [0.4, 0.5) is 0 Å². The lowest BCUT2D eigenvalue weighted by atomic mass is 10.1. The highest BCUT2D eigenvalue weighted by Gasteiger charge is 2.17. The van der Waals surface area contributed by atoms with Crippen LogP contribution in [0.1, 0.15) is 28.4 Å². The van der Waals surface area contributed by atoms with Crippen LogP contribution < -0.4 is 0 Å². The normalized spacial score (nSPS) is 10.9. The lowest BCUT2D eigenvalue weighted by Gasteiger charge is -2.10. The Morgan fingerprint density at radius 2 is 1.63 bits per heavy atom. The van der Waals surface area contributed by atoms with Crippen molar-refractivity contribution >= 4 is 17.5 Å². The van der Waals surface area contributed by atoms with E-state index in [4.69, 9.17) is 0 Å². The molecule has 0 atom stereocenters. The van der Waals surface area contributed by atoms with E-state index in [9.17, 15) is 4.79 Å². The molecule has 0 N–H and O–H groups in total. The molecule has 0 aliphatic carbocycles. The summed E-state index contributed by atoms with van der Waals surface area (Å²) in [5.41, 5.74) is 5.00. The molecule has 0 aliphatic rings. The third-order valence-corrected chi connectivity index (χ3v) is 5.81. The Balaban J connectivity index is 1.63. The van der Waals surface area contributed by atoms with Gasteiger partial charge in [0.05, 0.1) is 5.75 Å². The Hall–Kier alpha value is -3.25. The van der Waals surface area contributed by atoms with Crippen molar-refractivity contribution in [3.05, 3.63) is 89.7 Å². The summed E-state index contributed by atoms with van der Waals surface area (Å²) < 4.78 is 1.99. The number of aryl methyl sites for hydroxylation is 2. The van der Waals surface area contributed by atoms with E-state index in [1.807, 2.05) is 53.1 Å². The fourth-order valence-electron chi connectivity index (χ4n) is 3.12. The van der Waals surface area contributed by atoms with Crippen LogP contribution in [0.3, 0.4) is 0 Å². The maximum Gasteiger partial charge on any atom is 0.196 e. The van der Waals surface area contributed by atoms with Crippen molar-refractivity contribution in [3.63, 3.8) is 0 Å². The van der Waals surface area contributed by atoms with Gasteiger partial charge in [0.25, 0.3) is 0 Å². The SMILES string of the molecule is CCc1ccc(C(=O)CSc2nnc(-c3ccncc3)n2-c2ccc(C)cc2)cc1. The molecular formula is C24H22N4OS. The van der Waals surface area contributed by atoms with Crippen LogP contribution >= 0.6 is 11.8 Å². The highest BCUT2D eigenvalue weighted by molar-refractivity contribution is 7.99. The minimum Gasteiger partial charge on any atom is -0.293 e. The van der Waals surface area contributed by atoms with E-state index in [-0.39, 0.29) is 5.78 Å². The van der Waals surface area contributed by atoms with Crippen molar-refractivity contribution in [2.24, 2.45) is 0 Å². The molecule has 0 radical (unpaired) electrons. The molecule has 5 nitrogen and oxygen atoms in total. The predicted octanol–water partition coefficient (Wildman–Crippen LogP) is 5.18. The van der Waals surface area contributed by atoms with Gasteiger partial charge in [0.1, 0.15) is 0 Å². The maximum atomic E-state index is 12.7. The Labute approximate surface area is 180 Å². The number of ketones is 1. The number of pyridine rings is 1. The number of carbonyl (C=O) groups is 1. The van der Waals surface area contributed by atoms with Gasteiger partial charge in [-0.2, -0.15) is 0 Å². The number of nitrogens with zero attached hydrogens (tertiary/aromatic N) is 4. The van der Waals surface area contributed by atoms with Gasteiger partial charge in [-0.05, 0) is 43.2 Å². The molecule has 150 valence electrons. The van der Waals surface area contributed by atoms with Gasteiger partial charge in [-0.1, -0.05) is 60.6 Å². The fourth-order valence-corrected chi connectivity index (χ4v) is 3.96. The van der Waals surface area contributed by atoms with Gasteiger partial charge in [0.2, 0.25) is 0 Å². The van der Waals surface area contributed by atoms with Gasteiger partial charge in [0, 0.05) is 29.2 Å². The molecule has 0 spiro atoms. The van der Waals surface area contributed by atoms with Gasteiger partial charge >= 0.3 is 0 Å². The van der Waals surface area contributed by atoms with Gasteiger partial charge in [-0.15, -0.1) is 10.2 Å². The molecule has 0 bridgehead atoms. The minimum absolute atomic E-state index is 0.0755. The largest absolute Gasteiger partial charge is 0.293 e.